The first-order chi connectivity index (χ1) is 8.29. The molecule has 1 amide bonds. The third-order valence-corrected chi connectivity index (χ3v) is 2.07. The number of carbonyl (C=O) groups excluding carboxylic acids is 1. The zero-order valence-electron chi connectivity index (χ0n) is 9.24. The van der Waals surface area contributed by atoms with Gasteiger partial charge < -0.3 is 5.32 Å². The number of hydrogen-bond donors (Lipinski definition) is 1. The molecule has 0 atom stereocenters. The maximum absolute atomic E-state index is 11.3. The largest absolute Gasteiger partial charge is 0.323 e. The summed E-state index contributed by atoms with van der Waals surface area (Å²) >= 11 is 0. The fourth-order valence-corrected chi connectivity index (χ4v) is 1.31. The number of amides is 1. The number of tetrazole rings is 1. The van der Waals surface area contributed by atoms with Gasteiger partial charge in [-0.2, -0.15) is 0 Å². The van der Waals surface area contributed by atoms with E-state index in [1.165, 1.54) is 17.1 Å². The second kappa shape index (κ2) is 5.02. The van der Waals surface area contributed by atoms with Gasteiger partial charge in [0.15, 0.2) is 0 Å². The molecule has 2 rings (SSSR count). The van der Waals surface area contributed by atoms with Gasteiger partial charge in [0.2, 0.25) is 5.91 Å². The van der Waals surface area contributed by atoms with Crippen molar-refractivity contribution >= 4 is 11.6 Å². The Labute approximate surface area is 98.0 Å². The first kappa shape index (κ1) is 11.0. The van der Waals surface area contributed by atoms with Crippen LogP contribution in [0.5, 0.6) is 0 Å². The van der Waals surface area contributed by atoms with E-state index < -0.39 is 0 Å². The van der Waals surface area contributed by atoms with Crippen LogP contribution in [-0.2, 0) is 4.79 Å². The number of benzene rings is 1. The second-order valence-corrected chi connectivity index (χ2v) is 3.29. The van der Waals surface area contributed by atoms with Crippen LogP contribution in [0.2, 0.25) is 0 Å². The van der Waals surface area contributed by atoms with Crippen LogP contribution in [0.1, 0.15) is 6.92 Å². The Balaban J connectivity index is 2.11. The summed E-state index contributed by atoms with van der Waals surface area (Å²) in [4.78, 5) is 11.3. The van der Waals surface area contributed by atoms with Crippen LogP contribution in [0.4, 0.5) is 5.69 Å². The quantitative estimate of drug-likeness (QED) is 0.802. The average molecular weight is 229 g/mol. The van der Waals surface area contributed by atoms with E-state index in [4.69, 9.17) is 0 Å². The summed E-state index contributed by atoms with van der Waals surface area (Å²) < 4.78 is 1.54. The number of rotatable bonds is 3. The Morgan fingerprint density at radius 1 is 1.35 bits per heavy atom. The number of aromatic nitrogens is 4. The molecule has 1 N–H and O–H groups in total. The molecule has 1 heterocycles. The molecular weight excluding hydrogens is 218 g/mol. The molecule has 0 aliphatic heterocycles. The van der Waals surface area contributed by atoms with E-state index in [1.54, 1.807) is 25.1 Å². The molecule has 1 aromatic carbocycles. The maximum atomic E-state index is 11.3. The Bertz CT molecular complexity index is 515. The van der Waals surface area contributed by atoms with Crippen LogP contribution in [0, 0.1) is 0 Å². The number of anilines is 1. The van der Waals surface area contributed by atoms with E-state index in [1.807, 2.05) is 12.1 Å². The highest BCUT2D eigenvalue weighted by atomic mass is 16.1. The lowest BCUT2D eigenvalue weighted by atomic mass is 10.3. The Kier molecular flexibility index (Phi) is 3.25. The standard InChI is InChI=1S/C11H11N5O/c1-2-3-11(17)13-9-4-6-10(7-5-9)16-8-12-14-15-16/h2-8H,1H3,(H,13,17). The Morgan fingerprint density at radius 3 is 2.71 bits per heavy atom. The number of nitrogens with one attached hydrogen (secondary N) is 1. The van der Waals surface area contributed by atoms with E-state index in [0.717, 1.165) is 11.4 Å². The van der Waals surface area contributed by atoms with Gasteiger partial charge in [-0.25, -0.2) is 4.68 Å². The molecule has 0 unspecified atom stereocenters. The summed E-state index contributed by atoms with van der Waals surface area (Å²) in [5.41, 5.74) is 1.56. The molecule has 0 aliphatic carbocycles. The molecule has 6 nitrogen and oxygen atoms in total. The molecule has 1 aromatic heterocycles. The molecule has 0 spiro atoms. The van der Waals surface area contributed by atoms with Crippen LogP contribution in [-0.4, -0.2) is 26.1 Å². The monoisotopic (exact) mass is 229 g/mol. The van der Waals surface area contributed by atoms with Gasteiger partial charge in [-0.05, 0) is 47.7 Å². The molecular formula is C11H11N5O. The van der Waals surface area contributed by atoms with Crippen LogP contribution in [0.15, 0.2) is 42.7 Å². The van der Waals surface area contributed by atoms with E-state index in [0.29, 0.717) is 0 Å². The second-order valence-electron chi connectivity index (χ2n) is 3.29. The lowest BCUT2D eigenvalue weighted by Gasteiger charge is -2.03. The molecule has 17 heavy (non-hydrogen) atoms. The number of nitrogens with zero attached hydrogens (tertiary/aromatic N) is 4. The number of carbonyl (C=O) groups is 1. The minimum absolute atomic E-state index is 0.150. The van der Waals surface area contributed by atoms with Gasteiger partial charge in [-0.1, -0.05) is 6.08 Å². The molecule has 0 saturated heterocycles. The number of hydrogen-bond acceptors (Lipinski definition) is 4. The van der Waals surface area contributed by atoms with E-state index in [9.17, 15) is 4.79 Å². The first-order valence-electron chi connectivity index (χ1n) is 5.06. The molecule has 2 aromatic rings. The summed E-state index contributed by atoms with van der Waals surface area (Å²) in [6, 6.07) is 7.22. The highest BCUT2D eigenvalue weighted by Gasteiger charge is 1.99. The van der Waals surface area contributed by atoms with Gasteiger partial charge in [0.1, 0.15) is 6.33 Å². The van der Waals surface area contributed by atoms with Crippen LogP contribution in [0.25, 0.3) is 5.69 Å². The smallest absolute Gasteiger partial charge is 0.248 e. The molecule has 0 radical (unpaired) electrons. The van der Waals surface area contributed by atoms with Crippen molar-refractivity contribution < 1.29 is 4.79 Å². The van der Waals surface area contributed by atoms with E-state index >= 15 is 0 Å². The minimum Gasteiger partial charge on any atom is -0.323 e. The van der Waals surface area contributed by atoms with Gasteiger partial charge in [0.25, 0.3) is 0 Å². The topological polar surface area (TPSA) is 72.7 Å². The Morgan fingerprint density at radius 2 is 2.12 bits per heavy atom. The molecule has 6 heteroatoms. The zero-order valence-corrected chi connectivity index (χ0v) is 9.24. The Hall–Kier alpha value is -2.50. The van der Waals surface area contributed by atoms with Crippen LogP contribution >= 0.6 is 0 Å². The van der Waals surface area contributed by atoms with E-state index in [-0.39, 0.29) is 5.91 Å². The lowest BCUT2D eigenvalue weighted by Crippen LogP contribution is -2.07. The van der Waals surface area contributed by atoms with Crippen molar-refractivity contribution in [3.05, 3.63) is 42.7 Å². The molecule has 86 valence electrons. The van der Waals surface area contributed by atoms with Crippen LogP contribution < -0.4 is 5.32 Å². The fraction of sp³-hybridized carbons (Fsp3) is 0.0909. The summed E-state index contributed by atoms with van der Waals surface area (Å²) in [6.45, 7) is 1.79. The van der Waals surface area contributed by atoms with E-state index in [2.05, 4.69) is 20.8 Å². The first-order valence-corrected chi connectivity index (χ1v) is 5.06. The third-order valence-electron chi connectivity index (χ3n) is 2.07. The highest BCUT2D eigenvalue weighted by Crippen LogP contribution is 2.11. The van der Waals surface area contributed by atoms with Crippen molar-refractivity contribution in [2.24, 2.45) is 0 Å². The molecule has 0 bridgehead atoms. The van der Waals surface area contributed by atoms with Gasteiger partial charge in [-0.3, -0.25) is 4.79 Å². The van der Waals surface area contributed by atoms with Crippen molar-refractivity contribution in [2.45, 2.75) is 6.92 Å². The van der Waals surface area contributed by atoms with Gasteiger partial charge >= 0.3 is 0 Å². The number of allylic oxidation sites excluding steroid dienone is 1. The normalized spacial score (nSPS) is 10.6. The van der Waals surface area contributed by atoms with Gasteiger partial charge in [0, 0.05) is 5.69 Å². The minimum atomic E-state index is -0.150. The van der Waals surface area contributed by atoms with Crippen molar-refractivity contribution in [3.63, 3.8) is 0 Å². The SMILES string of the molecule is CC=CC(=O)Nc1ccc(-n2cnnn2)cc1. The van der Waals surface area contributed by atoms with Crippen molar-refractivity contribution in [1.82, 2.24) is 20.2 Å². The van der Waals surface area contributed by atoms with Crippen molar-refractivity contribution in [3.8, 4) is 5.69 Å². The highest BCUT2D eigenvalue weighted by molar-refractivity contribution is 5.99. The summed E-state index contributed by atoms with van der Waals surface area (Å²) in [6.07, 6.45) is 4.66. The van der Waals surface area contributed by atoms with Gasteiger partial charge in [0.05, 0.1) is 5.69 Å². The van der Waals surface area contributed by atoms with Crippen LogP contribution in [0.3, 0.4) is 0 Å². The summed E-state index contributed by atoms with van der Waals surface area (Å²) in [5.74, 6) is -0.150. The molecule has 0 saturated carbocycles. The third kappa shape index (κ3) is 2.75. The summed E-state index contributed by atoms with van der Waals surface area (Å²) in [5, 5.41) is 13.6. The molecule has 0 aliphatic rings. The zero-order chi connectivity index (χ0) is 12.1. The molecule has 0 fully saturated rings. The lowest BCUT2D eigenvalue weighted by molar-refractivity contribution is -0.111. The summed E-state index contributed by atoms with van der Waals surface area (Å²) in [7, 11) is 0. The maximum Gasteiger partial charge on any atom is 0.248 e. The van der Waals surface area contributed by atoms with Crippen molar-refractivity contribution in [2.75, 3.05) is 5.32 Å². The average Bonchev–Trinajstić information content (AvgIpc) is 2.84. The van der Waals surface area contributed by atoms with Gasteiger partial charge in [-0.15, -0.1) is 5.10 Å². The fourth-order valence-electron chi connectivity index (χ4n) is 1.31. The predicted molar refractivity (Wildman–Crippen MR) is 62.6 cm³/mol. The predicted octanol–water partition coefficient (Wildman–Crippen LogP) is 1.18. The van der Waals surface area contributed by atoms with Crippen molar-refractivity contribution in [1.29, 1.82) is 0 Å².